The summed E-state index contributed by atoms with van der Waals surface area (Å²) in [6.45, 7) is 0. The highest BCUT2D eigenvalue weighted by Crippen LogP contribution is 2.30. The van der Waals surface area contributed by atoms with E-state index >= 15 is 0 Å². The Balaban J connectivity index is 1.60. The number of aryl methyl sites for hydroxylation is 2. The van der Waals surface area contributed by atoms with E-state index < -0.39 is 0 Å². The molecule has 1 aliphatic carbocycles. The summed E-state index contributed by atoms with van der Waals surface area (Å²) in [6, 6.07) is 5.09. The van der Waals surface area contributed by atoms with Gasteiger partial charge in [0.05, 0.1) is 4.88 Å². The summed E-state index contributed by atoms with van der Waals surface area (Å²) >= 11 is 1.50. The molecule has 0 aromatic carbocycles. The SMILES string of the molecule is O=C(NNC(=O)c1cc2c(s1)CCC2)c1ccncc1. The quantitative estimate of drug-likeness (QED) is 0.826. The fourth-order valence-corrected chi connectivity index (χ4v) is 3.34. The Bertz CT molecular complexity index is 630. The van der Waals surface area contributed by atoms with Gasteiger partial charge in [-0.15, -0.1) is 11.3 Å². The topological polar surface area (TPSA) is 71.1 Å². The number of aromatic nitrogens is 1. The number of pyridine rings is 1. The van der Waals surface area contributed by atoms with Crippen molar-refractivity contribution in [3.63, 3.8) is 0 Å². The molecule has 0 atom stereocenters. The van der Waals surface area contributed by atoms with Gasteiger partial charge in [-0.05, 0) is 43.0 Å². The first-order valence-electron chi connectivity index (χ1n) is 6.36. The molecule has 0 radical (unpaired) electrons. The van der Waals surface area contributed by atoms with Gasteiger partial charge < -0.3 is 0 Å². The van der Waals surface area contributed by atoms with Crippen LogP contribution in [0.15, 0.2) is 30.6 Å². The number of amides is 2. The summed E-state index contributed by atoms with van der Waals surface area (Å²) in [5.74, 6) is -0.628. The summed E-state index contributed by atoms with van der Waals surface area (Å²) in [7, 11) is 0. The number of rotatable bonds is 2. The van der Waals surface area contributed by atoms with Gasteiger partial charge in [0.2, 0.25) is 0 Å². The van der Waals surface area contributed by atoms with Gasteiger partial charge in [-0.3, -0.25) is 25.4 Å². The molecule has 2 N–H and O–H groups in total. The van der Waals surface area contributed by atoms with Gasteiger partial charge in [0.15, 0.2) is 0 Å². The van der Waals surface area contributed by atoms with Crippen LogP contribution in [0.5, 0.6) is 0 Å². The lowest BCUT2D eigenvalue weighted by Crippen LogP contribution is -2.41. The van der Waals surface area contributed by atoms with Crippen molar-refractivity contribution in [2.24, 2.45) is 0 Å². The van der Waals surface area contributed by atoms with Crippen molar-refractivity contribution in [2.75, 3.05) is 0 Å². The molecule has 0 bridgehead atoms. The lowest BCUT2D eigenvalue weighted by Gasteiger charge is -2.05. The second-order valence-electron chi connectivity index (χ2n) is 4.56. The molecule has 0 saturated heterocycles. The maximum absolute atomic E-state index is 12.0. The Morgan fingerprint density at radius 3 is 2.60 bits per heavy atom. The molecule has 0 aliphatic heterocycles. The van der Waals surface area contributed by atoms with Gasteiger partial charge in [-0.2, -0.15) is 0 Å². The fraction of sp³-hybridized carbons (Fsp3) is 0.214. The molecule has 6 heteroatoms. The highest BCUT2D eigenvalue weighted by Gasteiger charge is 2.18. The molecule has 1 aliphatic rings. The van der Waals surface area contributed by atoms with E-state index in [-0.39, 0.29) is 11.8 Å². The zero-order valence-corrected chi connectivity index (χ0v) is 11.5. The molecule has 2 aromatic heterocycles. The summed E-state index contributed by atoms with van der Waals surface area (Å²) < 4.78 is 0. The van der Waals surface area contributed by atoms with E-state index in [0.717, 1.165) is 12.8 Å². The number of hydrogen-bond acceptors (Lipinski definition) is 4. The molecule has 2 heterocycles. The lowest BCUT2D eigenvalue weighted by molar-refractivity contribution is 0.0849. The normalized spacial score (nSPS) is 12.8. The van der Waals surface area contributed by atoms with Crippen LogP contribution < -0.4 is 10.9 Å². The molecule has 0 fully saturated rings. The van der Waals surface area contributed by atoms with E-state index in [1.807, 2.05) is 6.07 Å². The number of hydrazine groups is 1. The van der Waals surface area contributed by atoms with Crippen molar-refractivity contribution in [1.82, 2.24) is 15.8 Å². The number of hydrogen-bond donors (Lipinski definition) is 2. The minimum atomic E-state index is -0.357. The summed E-state index contributed by atoms with van der Waals surface area (Å²) in [5, 5.41) is 0. The van der Waals surface area contributed by atoms with Crippen LogP contribution in [-0.2, 0) is 12.8 Å². The van der Waals surface area contributed by atoms with E-state index in [1.54, 1.807) is 12.1 Å². The fourth-order valence-electron chi connectivity index (χ4n) is 2.19. The van der Waals surface area contributed by atoms with Crippen molar-refractivity contribution in [1.29, 1.82) is 0 Å². The van der Waals surface area contributed by atoms with Crippen LogP contribution in [0.4, 0.5) is 0 Å². The third-order valence-electron chi connectivity index (χ3n) is 3.20. The van der Waals surface area contributed by atoms with Gasteiger partial charge in [0.1, 0.15) is 0 Å². The van der Waals surface area contributed by atoms with E-state index in [4.69, 9.17) is 0 Å². The van der Waals surface area contributed by atoms with Crippen LogP contribution in [0.25, 0.3) is 0 Å². The average Bonchev–Trinajstić information content (AvgIpc) is 3.06. The van der Waals surface area contributed by atoms with E-state index in [2.05, 4.69) is 15.8 Å². The number of carbonyl (C=O) groups is 2. The summed E-state index contributed by atoms with van der Waals surface area (Å²) in [4.78, 5) is 29.5. The first-order chi connectivity index (χ1) is 9.74. The maximum atomic E-state index is 12.0. The molecule has 3 rings (SSSR count). The molecule has 5 nitrogen and oxygen atoms in total. The smallest absolute Gasteiger partial charge is 0.267 e. The number of fused-ring (bicyclic) bond motifs is 1. The predicted octanol–water partition coefficient (Wildman–Crippen LogP) is 1.71. The molecule has 102 valence electrons. The minimum absolute atomic E-state index is 0.271. The summed E-state index contributed by atoms with van der Waals surface area (Å²) in [5.41, 5.74) is 6.56. The molecule has 2 amide bonds. The molecular weight excluding hydrogens is 274 g/mol. The minimum Gasteiger partial charge on any atom is -0.267 e. The molecule has 0 spiro atoms. The van der Waals surface area contributed by atoms with Crippen molar-refractivity contribution in [3.8, 4) is 0 Å². The lowest BCUT2D eigenvalue weighted by atomic mass is 10.2. The Hall–Kier alpha value is -2.21. The number of nitrogens with one attached hydrogen (secondary N) is 2. The Morgan fingerprint density at radius 1 is 1.10 bits per heavy atom. The zero-order valence-electron chi connectivity index (χ0n) is 10.7. The summed E-state index contributed by atoms with van der Waals surface area (Å²) in [6.07, 6.45) is 6.32. The van der Waals surface area contributed by atoms with Gasteiger partial charge in [0, 0.05) is 22.8 Å². The van der Waals surface area contributed by atoms with E-state index in [1.165, 1.54) is 40.6 Å². The maximum Gasteiger partial charge on any atom is 0.279 e. The number of thiophene rings is 1. The van der Waals surface area contributed by atoms with Crippen LogP contribution in [0, 0.1) is 0 Å². The third-order valence-corrected chi connectivity index (χ3v) is 4.44. The van der Waals surface area contributed by atoms with Gasteiger partial charge >= 0.3 is 0 Å². The molecular formula is C14H13N3O2S. The van der Waals surface area contributed by atoms with Crippen molar-refractivity contribution in [3.05, 3.63) is 51.5 Å². The largest absolute Gasteiger partial charge is 0.279 e. The van der Waals surface area contributed by atoms with Gasteiger partial charge in [0.25, 0.3) is 11.8 Å². The average molecular weight is 287 g/mol. The predicted molar refractivity (Wildman–Crippen MR) is 75.5 cm³/mol. The van der Waals surface area contributed by atoms with Gasteiger partial charge in [-0.1, -0.05) is 0 Å². The van der Waals surface area contributed by atoms with Crippen LogP contribution in [0.2, 0.25) is 0 Å². The van der Waals surface area contributed by atoms with Crippen molar-refractivity contribution in [2.45, 2.75) is 19.3 Å². The number of carbonyl (C=O) groups excluding carboxylic acids is 2. The standard InChI is InChI=1S/C14H13N3O2S/c18-13(9-4-6-15-7-5-9)16-17-14(19)12-8-10-2-1-3-11(10)20-12/h4-8H,1-3H2,(H,16,18)(H,17,19). The highest BCUT2D eigenvalue weighted by atomic mass is 32.1. The Kier molecular flexibility index (Phi) is 3.47. The van der Waals surface area contributed by atoms with E-state index in [9.17, 15) is 9.59 Å². The monoisotopic (exact) mass is 287 g/mol. The molecule has 20 heavy (non-hydrogen) atoms. The Morgan fingerprint density at radius 2 is 1.85 bits per heavy atom. The second-order valence-corrected chi connectivity index (χ2v) is 5.69. The van der Waals surface area contributed by atoms with Gasteiger partial charge in [-0.25, -0.2) is 0 Å². The second kappa shape index (κ2) is 5.42. The van der Waals surface area contributed by atoms with Crippen molar-refractivity contribution < 1.29 is 9.59 Å². The Labute approximate surface area is 120 Å². The molecule has 0 unspecified atom stereocenters. The van der Waals surface area contributed by atoms with Crippen LogP contribution >= 0.6 is 11.3 Å². The van der Waals surface area contributed by atoms with Crippen LogP contribution in [0.3, 0.4) is 0 Å². The first kappa shape index (κ1) is 12.8. The molecule has 2 aromatic rings. The van der Waals surface area contributed by atoms with Crippen molar-refractivity contribution >= 4 is 23.2 Å². The van der Waals surface area contributed by atoms with Crippen LogP contribution in [-0.4, -0.2) is 16.8 Å². The third kappa shape index (κ3) is 2.55. The van der Waals surface area contributed by atoms with E-state index in [0.29, 0.717) is 10.4 Å². The first-order valence-corrected chi connectivity index (χ1v) is 7.18. The van der Waals surface area contributed by atoms with Crippen LogP contribution in [0.1, 0.15) is 36.9 Å². The highest BCUT2D eigenvalue weighted by molar-refractivity contribution is 7.14. The number of nitrogens with zero attached hydrogens (tertiary/aromatic N) is 1. The zero-order chi connectivity index (χ0) is 13.9. The molecule has 0 saturated carbocycles.